The Hall–Kier alpha value is -2.44. The van der Waals surface area contributed by atoms with Gasteiger partial charge in [-0.1, -0.05) is 29.1 Å². The molecule has 7 nitrogen and oxygen atoms in total. The lowest BCUT2D eigenvalue weighted by atomic mass is 10.1. The number of hydrogen-bond donors (Lipinski definition) is 0. The predicted molar refractivity (Wildman–Crippen MR) is 99.4 cm³/mol. The zero-order chi connectivity index (χ0) is 21.2. The fourth-order valence-corrected chi connectivity index (χ4v) is 3.72. The molecule has 0 saturated carbocycles. The topological polar surface area (TPSA) is 89.2 Å². The van der Waals surface area contributed by atoms with Crippen LogP contribution in [0.25, 0.3) is 11.4 Å². The van der Waals surface area contributed by atoms with E-state index in [2.05, 4.69) is 15.1 Å². The van der Waals surface area contributed by atoms with Crippen LogP contribution in [0.2, 0.25) is 0 Å². The molecule has 2 aromatic heterocycles. The third kappa shape index (κ3) is 4.95. The molecule has 0 aliphatic rings. The number of sulfonamides is 1. The second-order valence-corrected chi connectivity index (χ2v) is 9.14. The van der Waals surface area contributed by atoms with E-state index in [-0.39, 0.29) is 22.4 Å². The molecule has 0 saturated heterocycles. The molecular formula is C17H15F3N4O3S2. The maximum atomic E-state index is 12.6. The minimum Gasteiger partial charge on any atom is -0.338 e. The van der Waals surface area contributed by atoms with Crippen molar-refractivity contribution in [1.82, 2.24) is 19.4 Å². The van der Waals surface area contributed by atoms with E-state index in [9.17, 15) is 21.6 Å². The zero-order valence-corrected chi connectivity index (χ0v) is 16.8. The van der Waals surface area contributed by atoms with Crippen molar-refractivity contribution < 1.29 is 26.1 Å². The number of pyridine rings is 1. The lowest BCUT2D eigenvalue weighted by molar-refractivity contribution is -0.137. The molecule has 3 aromatic rings. The van der Waals surface area contributed by atoms with Crippen LogP contribution in [0.4, 0.5) is 13.2 Å². The average Bonchev–Trinajstić information content (AvgIpc) is 3.15. The molecule has 0 aliphatic heterocycles. The summed E-state index contributed by atoms with van der Waals surface area (Å²) < 4.78 is 68.1. The summed E-state index contributed by atoms with van der Waals surface area (Å²) >= 11 is 1.25. The summed E-state index contributed by atoms with van der Waals surface area (Å²) in [6.45, 7) is 0. The minimum atomic E-state index is -4.41. The molecule has 0 unspecified atom stereocenters. The second kappa shape index (κ2) is 8.13. The van der Waals surface area contributed by atoms with Crippen molar-refractivity contribution in [2.24, 2.45) is 0 Å². The maximum absolute atomic E-state index is 12.6. The summed E-state index contributed by atoms with van der Waals surface area (Å²) in [6, 6.07) is 7.47. The van der Waals surface area contributed by atoms with Crippen molar-refractivity contribution in [3.63, 3.8) is 0 Å². The average molecular weight is 444 g/mol. The Labute approximate surface area is 169 Å². The molecule has 0 atom stereocenters. The lowest BCUT2D eigenvalue weighted by Crippen LogP contribution is -2.22. The summed E-state index contributed by atoms with van der Waals surface area (Å²) in [5, 5.41) is 4.32. The highest BCUT2D eigenvalue weighted by atomic mass is 32.2. The first-order chi connectivity index (χ1) is 13.6. The first-order valence-corrected chi connectivity index (χ1v) is 10.5. The van der Waals surface area contributed by atoms with Crippen molar-refractivity contribution in [2.45, 2.75) is 21.9 Å². The zero-order valence-electron chi connectivity index (χ0n) is 15.2. The first-order valence-electron chi connectivity index (χ1n) is 8.09. The van der Waals surface area contributed by atoms with Crippen molar-refractivity contribution in [2.75, 3.05) is 14.1 Å². The second-order valence-electron chi connectivity index (χ2n) is 6.00. The van der Waals surface area contributed by atoms with E-state index < -0.39 is 21.8 Å². The van der Waals surface area contributed by atoms with Gasteiger partial charge in [0.2, 0.25) is 21.7 Å². The van der Waals surface area contributed by atoms with Crippen LogP contribution in [0.1, 0.15) is 11.5 Å². The van der Waals surface area contributed by atoms with E-state index in [4.69, 9.17) is 4.52 Å². The largest absolute Gasteiger partial charge is 0.416 e. The van der Waals surface area contributed by atoms with Gasteiger partial charge in [0.1, 0.15) is 4.90 Å². The van der Waals surface area contributed by atoms with Gasteiger partial charge in [0.25, 0.3) is 0 Å². The van der Waals surface area contributed by atoms with Gasteiger partial charge in [-0.15, -0.1) is 0 Å². The van der Waals surface area contributed by atoms with Crippen LogP contribution in [0.5, 0.6) is 0 Å². The molecule has 0 spiro atoms. The predicted octanol–water partition coefficient (Wildman–Crippen LogP) is 3.69. The Morgan fingerprint density at radius 1 is 1.10 bits per heavy atom. The van der Waals surface area contributed by atoms with Gasteiger partial charge in [0.15, 0.2) is 0 Å². The Bertz CT molecular complexity index is 1080. The highest BCUT2D eigenvalue weighted by molar-refractivity contribution is 7.98. The van der Waals surface area contributed by atoms with Crippen LogP contribution < -0.4 is 0 Å². The van der Waals surface area contributed by atoms with Crippen LogP contribution in [0, 0.1) is 0 Å². The highest BCUT2D eigenvalue weighted by Gasteiger charge is 2.30. The van der Waals surface area contributed by atoms with E-state index in [1.165, 1.54) is 50.3 Å². The monoisotopic (exact) mass is 444 g/mol. The summed E-state index contributed by atoms with van der Waals surface area (Å²) in [5.74, 6) is 0.701. The SMILES string of the molecule is CN(C)S(=O)(=O)c1ccc(SCc2nc(-c3ccc(C(F)(F)F)cc3)no2)nc1. The quantitative estimate of drug-likeness (QED) is 0.536. The van der Waals surface area contributed by atoms with E-state index in [0.717, 1.165) is 16.4 Å². The van der Waals surface area contributed by atoms with Gasteiger partial charge in [0, 0.05) is 25.9 Å². The molecule has 29 heavy (non-hydrogen) atoms. The van der Waals surface area contributed by atoms with Crippen molar-refractivity contribution in [1.29, 1.82) is 0 Å². The molecule has 12 heteroatoms. The molecule has 1 aromatic carbocycles. The van der Waals surface area contributed by atoms with Gasteiger partial charge < -0.3 is 4.52 Å². The number of benzene rings is 1. The van der Waals surface area contributed by atoms with Crippen LogP contribution in [0.15, 0.2) is 57.0 Å². The number of halogens is 3. The molecule has 0 bridgehead atoms. The molecule has 0 radical (unpaired) electrons. The number of alkyl halides is 3. The van der Waals surface area contributed by atoms with E-state index in [1.54, 1.807) is 6.07 Å². The fourth-order valence-electron chi connectivity index (χ4n) is 2.19. The molecule has 0 fully saturated rings. The molecule has 0 aliphatic carbocycles. The van der Waals surface area contributed by atoms with Gasteiger partial charge in [-0.3, -0.25) is 0 Å². The van der Waals surface area contributed by atoms with Crippen LogP contribution >= 0.6 is 11.8 Å². The standard InChI is InChI=1S/C17H15F3N4O3S2/c1-24(2)29(25,26)13-7-8-15(21-9-13)28-10-14-22-16(23-27-14)11-3-5-12(6-4-11)17(18,19)20/h3-9H,10H2,1-2H3. The van der Waals surface area contributed by atoms with Crippen LogP contribution in [-0.4, -0.2) is 41.9 Å². The van der Waals surface area contributed by atoms with E-state index >= 15 is 0 Å². The number of hydrogen-bond acceptors (Lipinski definition) is 7. The van der Waals surface area contributed by atoms with Crippen molar-refractivity contribution >= 4 is 21.8 Å². The van der Waals surface area contributed by atoms with Crippen molar-refractivity contribution in [3.8, 4) is 11.4 Å². The lowest BCUT2D eigenvalue weighted by Gasteiger charge is -2.10. The van der Waals surface area contributed by atoms with Gasteiger partial charge in [0.05, 0.1) is 16.3 Å². The maximum Gasteiger partial charge on any atom is 0.416 e. The van der Waals surface area contributed by atoms with Gasteiger partial charge >= 0.3 is 6.18 Å². The Morgan fingerprint density at radius 2 is 1.79 bits per heavy atom. The van der Waals surface area contributed by atoms with Crippen LogP contribution in [0.3, 0.4) is 0 Å². The molecule has 3 rings (SSSR count). The Morgan fingerprint density at radius 3 is 2.34 bits per heavy atom. The third-order valence-electron chi connectivity index (χ3n) is 3.77. The van der Waals surface area contributed by atoms with Crippen LogP contribution in [-0.2, 0) is 22.0 Å². The number of nitrogens with zero attached hydrogens (tertiary/aromatic N) is 4. The third-order valence-corrected chi connectivity index (χ3v) is 6.50. The smallest absolute Gasteiger partial charge is 0.338 e. The summed E-state index contributed by atoms with van der Waals surface area (Å²) in [7, 11) is -0.685. The summed E-state index contributed by atoms with van der Waals surface area (Å²) in [5.41, 5.74) is -0.360. The normalized spacial score (nSPS) is 12.5. The van der Waals surface area contributed by atoms with Gasteiger partial charge in [-0.2, -0.15) is 18.2 Å². The molecule has 154 valence electrons. The minimum absolute atomic E-state index is 0.0780. The van der Waals surface area contributed by atoms with E-state index in [1.807, 2.05) is 0 Å². The number of aromatic nitrogens is 3. The highest BCUT2D eigenvalue weighted by Crippen LogP contribution is 2.30. The van der Waals surface area contributed by atoms with Crippen molar-refractivity contribution in [3.05, 3.63) is 54.0 Å². The van der Waals surface area contributed by atoms with Gasteiger partial charge in [-0.05, 0) is 24.3 Å². The molecule has 0 N–H and O–H groups in total. The Kier molecular flexibility index (Phi) is 5.96. The molecular weight excluding hydrogens is 429 g/mol. The van der Waals surface area contributed by atoms with E-state index in [0.29, 0.717) is 10.6 Å². The van der Waals surface area contributed by atoms with Gasteiger partial charge in [-0.25, -0.2) is 17.7 Å². The molecule has 2 heterocycles. The summed E-state index contributed by atoms with van der Waals surface area (Å²) in [6.07, 6.45) is -3.15. The number of rotatable bonds is 6. The summed E-state index contributed by atoms with van der Waals surface area (Å²) in [4.78, 5) is 8.34. The first kappa shape index (κ1) is 21.3. The fraction of sp³-hybridized carbons (Fsp3) is 0.235. The number of thioether (sulfide) groups is 1. The molecule has 0 amide bonds. The Balaban J connectivity index is 1.65.